The van der Waals surface area contributed by atoms with Crippen molar-refractivity contribution in [1.29, 1.82) is 0 Å². The maximum absolute atomic E-state index is 12.7. The maximum atomic E-state index is 12.7. The lowest BCUT2D eigenvalue weighted by molar-refractivity contribution is -0.136. The Morgan fingerprint density at radius 2 is 2.06 bits per heavy atom. The van der Waals surface area contributed by atoms with Gasteiger partial charge in [0.25, 0.3) is 0 Å². The minimum atomic E-state index is -4.31. The predicted molar refractivity (Wildman–Crippen MR) is 56.1 cm³/mol. The SMILES string of the molecule is CNCc1cc2c(C(F)(F)F)cccc2[nH]1. The van der Waals surface area contributed by atoms with Crippen LogP contribution >= 0.6 is 0 Å². The molecule has 0 radical (unpaired) electrons. The Kier molecular flexibility index (Phi) is 2.63. The van der Waals surface area contributed by atoms with Crippen LogP contribution < -0.4 is 5.32 Å². The predicted octanol–water partition coefficient (Wildman–Crippen LogP) is 2.91. The van der Waals surface area contributed by atoms with E-state index in [1.54, 1.807) is 13.1 Å². The zero-order chi connectivity index (χ0) is 11.8. The van der Waals surface area contributed by atoms with E-state index in [9.17, 15) is 13.2 Å². The molecule has 0 fully saturated rings. The van der Waals surface area contributed by atoms with Crippen LogP contribution in [-0.4, -0.2) is 12.0 Å². The van der Waals surface area contributed by atoms with Crippen molar-refractivity contribution >= 4 is 10.9 Å². The fourth-order valence-electron chi connectivity index (χ4n) is 1.75. The first kappa shape index (κ1) is 11.0. The first-order valence-electron chi connectivity index (χ1n) is 4.85. The second-order valence-electron chi connectivity index (χ2n) is 3.59. The zero-order valence-corrected chi connectivity index (χ0v) is 8.65. The molecule has 16 heavy (non-hydrogen) atoms. The van der Waals surface area contributed by atoms with Crippen molar-refractivity contribution < 1.29 is 13.2 Å². The lowest BCUT2D eigenvalue weighted by Gasteiger charge is -2.06. The van der Waals surface area contributed by atoms with Crippen molar-refractivity contribution in [2.24, 2.45) is 0 Å². The quantitative estimate of drug-likeness (QED) is 0.812. The Balaban J connectivity index is 2.59. The summed E-state index contributed by atoms with van der Waals surface area (Å²) in [4.78, 5) is 2.95. The van der Waals surface area contributed by atoms with E-state index in [1.807, 2.05) is 0 Å². The van der Waals surface area contributed by atoms with Crippen LogP contribution in [0.1, 0.15) is 11.3 Å². The van der Waals surface area contributed by atoms with Crippen molar-refractivity contribution in [3.05, 3.63) is 35.5 Å². The Morgan fingerprint density at radius 1 is 1.31 bits per heavy atom. The molecule has 2 rings (SSSR count). The number of hydrogen-bond donors (Lipinski definition) is 2. The summed E-state index contributed by atoms with van der Waals surface area (Å²) in [7, 11) is 1.75. The van der Waals surface area contributed by atoms with E-state index in [2.05, 4.69) is 10.3 Å². The molecule has 0 saturated carbocycles. The van der Waals surface area contributed by atoms with Crippen molar-refractivity contribution in [2.75, 3.05) is 7.05 Å². The summed E-state index contributed by atoms with van der Waals surface area (Å²) >= 11 is 0. The third-order valence-corrected chi connectivity index (χ3v) is 2.39. The standard InChI is InChI=1S/C11H11F3N2/c1-15-6-7-5-8-9(11(12,13)14)3-2-4-10(8)16-7/h2-5,15-16H,6H2,1H3. The van der Waals surface area contributed by atoms with Gasteiger partial charge in [0, 0.05) is 23.1 Å². The highest BCUT2D eigenvalue weighted by molar-refractivity contribution is 5.84. The van der Waals surface area contributed by atoms with Gasteiger partial charge in [0.15, 0.2) is 0 Å². The van der Waals surface area contributed by atoms with Crippen molar-refractivity contribution in [3.8, 4) is 0 Å². The van der Waals surface area contributed by atoms with Gasteiger partial charge in [0.05, 0.1) is 5.56 Å². The molecule has 1 aromatic heterocycles. The van der Waals surface area contributed by atoms with Crippen LogP contribution in [0, 0.1) is 0 Å². The second-order valence-corrected chi connectivity index (χ2v) is 3.59. The van der Waals surface area contributed by atoms with Crippen molar-refractivity contribution in [2.45, 2.75) is 12.7 Å². The molecule has 0 aliphatic heterocycles. The van der Waals surface area contributed by atoms with Gasteiger partial charge in [0.2, 0.25) is 0 Å². The third-order valence-electron chi connectivity index (χ3n) is 2.39. The highest BCUT2D eigenvalue weighted by atomic mass is 19.4. The molecule has 0 amide bonds. The molecular formula is C11H11F3N2. The summed E-state index contributed by atoms with van der Waals surface area (Å²) in [6.07, 6.45) is -4.31. The van der Waals surface area contributed by atoms with E-state index in [1.165, 1.54) is 12.1 Å². The summed E-state index contributed by atoms with van der Waals surface area (Å²) in [5.74, 6) is 0. The van der Waals surface area contributed by atoms with Gasteiger partial charge in [0.1, 0.15) is 0 Å². The molecule has 0 atom stereocenters. The fraction of sp³-hybridized carbons (Fsp3) is 0.273. The topological polar surface area (TPSA) is 27.8 Å². The molecular weight excluding hydrogens is 217 g/mol. The lowest BCUT2D eigenvalue weighted by Crippen LogP contribution is -2.05. The molecule has 0 aliphatic carbocycles. The molecule has 5 heteroatoms. The number of halogens is 3. The van der Waals surface area contributed by atoms with Gasteiger partial charge in [-0.3, -0.25) is 0 Å². The highest BCUT2D eigenvalue weighted by Crippen LogP contribution is 2.34. The van der Waals surface area contributed by atoms with Gasteiger partial charge in [-0.15, -0.1) is 0 Å². The van der Waals surface area contributed by atoms with Crippen LogP contribution in [0.3, 0.4) is 0 Å². The van der Waals surface area contributed by atoms with Gasteiger partial charge >= 0.3 is 6.18 Å². The summed E-state index contributed by atoms with van der Waals surface area (Å²) in [6, 6.07) is 5.68. The van der Waals surface area contributed by atoms with Gasteiger partial charge in [-0.1, -0.05) is 6.07 Å². The van der Waals surface area contributed by atoms with Crippen LogP contribution in [0.5, 0.6) is 0 Å². The molecule has 0 aliphatic rings. The number of fused-ring (bicyclic) bond motifs is 1. The summed E-state index contributed by atoms with van der Waals surface area (Å²) in [6.45, 7) is 0.520. The molecule has 0 bridgehead atoms. The van der Waals surface area contributed by atoms with Gasteiger partial charge < -0.3 is 10.3 Å². The van der Waals surface area contributed by atoms with E-state index in [0.717, 1.165) is 11.8 Å². The van der Waals surface area contributed by atoms with E-state index < -0.39 is 11.7 Å². The first-order chi connectivity index (χ1) is 7.52. The monoisotopic (exact) mass is 228 g/mol. The van der Waals surface area contributed by atoms with E-state index in [-0.39, 0.29) is 5.39 Å². The average molecular weight is 228 g/mol. The smallest absolute Gasteiger partial charge is 0.357 e. The Morgan fingerprint density at radius 3 is 2.69 bits per heavy atom. The molecule has 2 nitrogen and oxygen atoms in total. The summed E-state index contributed by atoms with van der Waals surface area (Å²) in [5.41, 5.74) is 0.665. The number of rotatable bonds is 2. The van der Waals surface area contributed by atoms with E-state index >= 15 is 0 Å². The summed E-state index contributed by atoms with van der Waals surface area (Å²) < 4.78 is 38.1. The molecule has 86 valence electrons. The number of H-pyrrole nitrogens is 1. The number of benzene rings is 1. The van der Waals surface area contributed by atoms with Crippen LogP contribution in [0.25, 0.3) is 10.9 Å². The number of aromatic nitrogens is 1. The minimum absolute atomic E-state index is 0.222. The second kappa shape index (κ2) is 3.83. The fourth-order valence-corrected chi connectivity index (χ4v) is 1.75. The third kappa shape index (κ3) is 1.90. The Hall–Kier alpha value is -1.49. The molecule has 2 aromatic rings. The van der Waals surface area contributed by atoms with Gasteiger partial charge in [-0.05, 0) is 25.2 Å². The number of nitrogens with one attached hydrogen (secondary N) is 2. The summed E-state index contributed by atoms with van der Waals surface area (Å²) in [5, 5.41) is 3.11. The molecule has 0 saturated heterocycles. The van der Waals surface area contributed by atoms with Crippen molar-refractivity contribution in [3.63, 3.8) is 0 Å². The molecule has 1 heterocycles. The first-order valence-corrected chi connectivity index (χ1v) is 4.85. The van der Waals surface area contributed by atoms with Crippen LogP contribution in [0.2, 0.25) is 0 Å². The molecule has 0 unspecified atom stereocenters. The number of aromatic amines is 1. The number of hydrogen-bond acceptors (Lipinski definition) is 1. The minimum Gasteiger partial charge on any atom is -0.357 e. The van der Waals surface area contributed by atoms with E-state index in [0.29, 0.717) is 12.1 Å². The Labute approximate surface area is 90.5 Å². The molecule has 0 spiro atoms. The Bertz CT molecular complexity index is 499. The van der Waals surface area contributed by atoms with E-state index in [4.69, 9.17) is 0 Å². The molecule has 2 N–H and O–H groups in total. The largest absolute Gasteiger partial charge is 0.417 e. The highest BCUT2D eigenvalue weighted by Gasteiger charge is 2.32. The van der Waals surface area contributed by atoms with Crippen LogP contribution in [0.4, 0.5) is 13.2 Å². The zero-order valence-electron chi connectivity index (χ0n) is 8.65. The van der Waals surface area contributed by atoms with Gasteiger partial charge in [-0.25, -0.2) is 0 Å². The van der Waals surface area contributed by atoms with Crippen molar-refractivity contribution in [1.82, 2.24) is 10.3 Å². The molecule has 1 aromatic carbocycles. The van der Waals surface area contributed by atoms with Gasteiger partial charge in [-0.2, -0.15) is 13.2 Å². The number of alkyl halides is 3. The van der Waals surface area contributed by atoms with Crippen LogP contribution in [0.15, 0.2) is 24.3 Å². The lowest BCUT2D eigenvalue weighted by atomic mass is 10.1. The van der Waals surface area contributed by atoms with Crippen LogP contribution in [-0.2, 0) is 12.7 Å². The maximum Gasteiger partial charge on any atom is 0.417 e. The average Bonchev–Trinajstić information content (AvgIpc) is 2.58. The normalized spacial score (nSPS) is 12.2.